The quantitative estimate of drug-likeness (QED) is 0.784. The zero-order valence-electron chi connectivity index (χ0n) is 10.4. The summed E-state index contributed by atoms with van der Waals surface area (Å²) in [5.41, 5.74) is -0.506. The Morgan fingerprint density at radius 3 is 2.84 bits per heavy atom. The number of ether oxygens (including phenoxy) is 1. The van der Waals surface area contributed by atoms with Crippen molar-refractivity contribution >= 4 is 11.0 Å². The van der Waals surface area contributed by atoms with Crippen LogP contribution in [0.5, 0.6) is 5.75 Å². The molecule has 5 nitrogen and oxygen atoms in total. The first-order valence-electron chi connectivity index (χ1n) is 6.07. The van der Waals surface area contributed by atoms with Gasteiger partial charge >= 0.3 is 5.63 Å². The minimum atomic E-state index is -1.33. The van der Waals surface area contributed by atoms with Crippen LogP contribution >= 0.6 is 0 Å². The van der Waals surface area contributed by atoms with E-state index in [4.69, 9.17) is 9.15 Å². The van der Waals surface area contributed by atoms with Crippen LogP contribution in [0.4, 0.5) is 0 Å². The fourth-order valence-corrected chi connectivity index (χ4v) is 2.30. The molecule has 2 heterocycles. The molecule has 2 aromatic rings. The van der Waals surface area contributed by atoms with Crippen molar-refractivity contribution in [2.45, 2.75) is 25.0 Å². The summed E-state index contributed by atoms with van der Waals surface area (Å²) in [6, 6.07) is 6.64. The van der Waals surface area contributed by atoms with Crippen molar-refractivity contribution in [3.05, 3.63) is 40.2 Å². The van der Waals surface area contributed by atoms with Crippen molar-refractivity contribution in [3.63, 3.8) is 0 Å². The molecule has 3 rings (SSSR count). The molecule has 100 valence electrons. The van der Waals surface area contributed by atoms with Crippen LogP contribution in [0.2, 0.25) is 0 Å². The smallest absolute Gasteiger partial charge is 0.336 e. The topological polar surface area (TPSA) is 79.9 Å². The normalized spacial score (nSPS) is 20.9. The number of fused-ring (bicyclic) bond motifs is 3. The van der Waals surface area contributed by atoms with E-state index < -0.39 is 23.9 Å². The van der Waals surface area contributed by atoms with Crippen molar-refractivity contribution in [2.75, 3.05) is 6.61 Å². The molecule has 2 atom stereocenters. The van der Waals surface area contributed by atoms with Gasteiger partial charge in [-0.1, -0.05) is 0 Å². The van der Waals surface area contributed by atoms with Crippen LogP contribution in [0.25, 0.3) is 11.0 Å². The Balaban J connectivity index is 2.10. The summed E-state index contributed by atoms with van der Waals surface area (Å²) >= 11 is 0. The molecule has 1 aromatic carbocycles. The second-order valence-corrected chi connectivity index (χ2v) is 5.04. The Morgan fingerprint density at radius 2 is 2.11 bits per heavy atom. The van der Waals surface area contributed by atoms with Crippen LogP contribution in [-0.2, 0) is 6.42 Å². The van der Waals surface area contributed by atoms with Gasteiger partial charge in [-0.3, -0.25) is 0 Å². The van der Waals surface area contributed by atoms with E-state index in [9.17, 15) is 15.0 Å². The highest BCUT2D eigenvalue weighted by atomic mass is 16.5. The summed E-state index contributed by atoms with van der Waals surface area (Å²) < 4.78 is 10.9. The van der Waals surface area contributed by atoms with Crippen LogP contribution in [0.1, 0.15) is 12.5 Å². The molecule has 19 heavy (non-hydrogen) atoms. The highest BCUT2D eigenvalue weighted by molar-refractivity contribution is 5.82. The molecule has 0 bridgehead atoms. The van der Waals surface area contributed by atoms with Gasteiger partial charge in [-0.15, -0.1) is 0 Å². The summed E-state index contributed by atoms with van der Waals surface area (Å²) in [6.45, 7) is 1.12. The van der Waals surface area contributed by atoms with E-state index in [0.29, 0.717) is 17.8 Å². The molecule has 2 N–H and O–H groups in total. The number of benzene rings is 1. The van der Waals surface area contributed by atoms with Gasteiger partial charge in [0.1, 0.15) is 23.0 Å². The molecule has 0 radical (unpaired) electrons. The standard InChI is InChI=1S/C14H14O5/c1-14(17,7-15)11-6-9-10(18-11)4-2-8-3-5-12(16)19-13(8)9/h2-5,11,15,17H,6-7H2,1H3. The van der Waals surface area contributed by atoms with Gasteiger partial charge < -0.3 is 19.4 Å². The highest BCUT2D eigenvalue weighted by Gasteiger charge is 2.39. The molecule has 0 spiro atoms. The van der Waals surface area contributed by atoms with Crippen molar-refractivity contribution < 1.29 is 19.4 Å². The Kier molecular flexibility index (Phi) is 2.62. The molecule has 0 fully saturated rings. The Bertz CT molecular complexity index is 686. The first kappa shape index (κ1) is 12.2. The first-order valence-corrected chi connectivity index (χ1v) is 6.07. The number of hydrogen-bond donors (Lipinski definition) is 2. The van der Waals surface area contributed by atoms with Gasteiger partial charge in [0, 0.05) is 23.4 Å². The van der Waals surface area contributed by atoms with Gasteiger partial charge in [-0.25, -0.2) is 4.79 Å². The number of aliphatic hydroxyl groups excluding tert-OH is 1. The summed E-state index contributed by atoms with van der Waals surface area (Å²) in [5.74, 6) is 0.584. The Morgan fingerprint density at radius 1 is 1.37 bits per heavy atom. The van der Waals surface area contributed by atoms with Crippen LogP contribution in [0.3, 0.4) is 0 Å². The van der Waals surface area contributed by atoms with Crippen LogP contribution in [0.15, 0.2) is 33.5 Å². The second kappa shape index (κ2) is 4.08. The number of aliphatic hydroxyl groups is 2. The second-order valence-electron chi connectivity index (χ2n) is 5.04. The predicted octanol–water partition coefficient (Wildman–Crippen LogP) is 0.840. The van der Waals surface area contributed by atoms with Crippen molar-refractivity contribution in [1.82, 2.24) is 0 Å². The van der Waals surface area contributed by atoms with Crippen LogP contribution in [-0.4, -0.2) is 28.5 Å². The monoisotopic (exact) mass is 262 g/mol. The van der Waals surface area contributed by atoms with E-state index in [0.717, 1.165) is 10.9 Å². The fourth-order valence-electron chi connectivity index (χ4n) is 2.30. The van der Waals surface area contributed by atoms with E-state index in [1.54, 1.807) is 18.2 Å². The third-order valence-corrected chi connectivity index (χ3v) is 3.52. The molecule has 5 heteroatoms. The lowest BCUT2D eigenvalue weighted by atomic mass is 9.95. The van der Waals surface area contributed by atoms with E-state index in [1.165, 1.54) is 13.0 Å². The number of hydrogen-bond acceptors (Lipinski definition) is 5. The maximum Gasteiger partial charge on any atom is 0.336 e. The van der Waals surface area contributed by atoms with Crippen molar-refractivity contribution in [2.24, 2.45) is 0 Å². The van der Waals surface area contributed by atoms with Gasteiger partial charge in [0.15, 0.2) is 0 Å². The largest absolute Gasteiger partial charge is 0.487 e. The summed E-state index contributed by atoms with van der Waals surface area (Å²) in [6.07, 6.45) is -0.156. The maximum absolute atomic E-state index is 11.3. The third-order valence-electron chi connectivity index (χ3n) is 3.52. The van der Waals surface area contributed by atoms with Gasteiger partial charge in [0.25, 0.3) is 0 Å². The molecule has 0 saturated carbocycles. The minimum Gasteiger partial charge on any atom is -0.487 e. The molecular weight excluding hydrogens is 248 g/mol. The van der Waals surface area contributed by atoms with Crippen LogP contribution < -0.4 is 10.4 Å². The van der Waals surface area contributed by atoms with Crippen LogP contribution in [0, 0.1) is 0 Å². The van der Waals surface area contributed by atoms with E-state index in [2.05, 4.69) is 0 Å². The minimum absolute atomic E-state index is 0.395. The third kappa shape index (κ3) is 1.91. The molecule has 0 amide bonds. The fraction of sp³-hybridized carbons (Fsp3) is 0.357. The lowest BCUT2D eigenvalue weighted by molar-refractivity contribution is -0.0729. The zero-order valence-corrected chi connectivity index (χ0v) is 10.4. The van der Waals surface area contributed by atoms with Crippen molar-refractivity contribution in [1.29, 1.82) is 0 Å². The zero-order chi connectivity index (χ0) is 13.6. The predicted molar refractivity (Wildman–Crippen MR) is 68.3 cm³/mol. The molecule has 0 saturated heterocycles. The highest BCUT2D eigenvalue weighted by Crippen LogP contribution is 2.37. The van der Waals surface area contributed by atoms with E-state index in [1.807, 2.05) is 0 Å². The molecule has 1 aliphatic rings. The summed E-state index contributed by atoms with van der Waals surface area (Å²) in [7, 11) is 0. The SMILES string of the molecule is CC(O)(CO)C1Cc2c(ccc3ccc(=O)oc23)O1. The summed E-state index contributed by atoms with van der Waals surface area (Å²) in [4.78, 5) is 11.3. The van der Waals surface area contributed by atoms with Gasteiger partial charge in [0.2, 0.25) is 0 Å². The molecule has 0 aliphatic carbocycles. The average molecular weight is 262 g/mol. The molecular formula is C14H14O5. The lowest BCUT2D eigenvalue weighted by Gasteiger charge is -2.26. The maximum atomic E-state index is 11.3. The first-order chi connectivity index (χ1) is 9.01. The summed E-state index contributed by atoms with van der Waals surface area (Å²) in [5, 5.41) is 20.1. The Labute approximate surface area is 109 Å². The molecule has 1 aromatic heterocycles. The Hall–Kier alpha value is -1.85. The van der Waals surface area contributed by atoms with Gasteiger partial charge in [0.05, 0.1) is 6.61 Å². The van der Waals surface area contributed by atoms with Gasteiger partial charge in [-0.05, 0) is 25.1 Å². The lowest BCUT2D eigenvalue weighted by Crippen LogP contribution is -2.45. The van der Waals surface area contributed by atoms with E-state index >= 15 is 0 Å². The number of rotatable bonds is 2. The van der Waals surface area contributed by atoms with Gasteiger partial charge in [-0.2, -0.15) is 0 Å². The molecule has 2 unspecified atom stereocenters. The van der Waals surface area contributed by atoms with Crippen molar-refractivity contribution in [3.8, 4) is 5.75 Å². The van der Waals surface area contributed by atoms with E-state index in [-0.39, 0.29) is 0 Å². The average Bonchev–Trinajstić information content (AvgIpc) is 2.83. The molecule has 1 aliphatic heterocycles.